The number of nitrogens with zero attached hydrogens (tertiary/aromatic N) is 5. The number of hydrogen-bond acceptors (Lipinski definition) is 6. The summed E-state index contributed by atoms with van der Waals surface area (Å²) in [5.74, 6) is 1.24. The first-order valence-corrected chi connectivity index (χ1v) is 7.86. The highest BCUT2D eigenvalue weighted by Crippen LogP contribution is 2.29. The predicted octanol–water partition coefficient (Wildman–Crippen LogP) is 2.86. The number of anilines is 2. The standard InChI is InChI=1S/C17H20N6O2/c1-11-16(23(24)25)17(22(4)20-11)18-10-12-9-15(21(2)3)19-14-8-6-5-7-13(12)14/h5-9,18H,10H2,1-4H3. The molecule has 0 atom stereocenters. The minimum atomic E-state index is -0.402. The maximum absolute atomic E-state index is 11.3. The summed E-state index contributed by atoms with van der Waals surface area (Å²) in [5.41, 5.74) is 2.31. The van der Waals surface area contributed by atoms with Gasteiger partial charge in [-0.1, -0.05) is 18.2 Å². The molecular weight excluding hydrogens is 320 g/mol. The molecule has 8 nitrogen and oxygen atoms in total. The Morgan fingerprint density at radius 2 is 2.04 bits per heavy atom. The van der Waals surface area contributed by atoms with Crippen molar-refractivity contribution in [3.63, 3.8) is 0 Å². The van der Waals surface area contributed by atoms with Crippen molar-refractivity contribution in [2.45, 2.75) is 13.5 Å². The molecule has 8 heteroatoms. The number of para-hydroxylation sites is 1. The number of nitro groups is 1. The molecular formula is C17H20N6O2. The fourth-order valence-electron chi connectivity index (χ4n) is 2.85. The number of benzene rings is 1. The molecule has 130 valence electrons. The molecule has 0 aliphatic carbocycles. The molecule has 3 rings (SSSR count). The van der Waals surface area contributed by atoms with E-state index in [0.717, 1.165) is 22.3 Å². The van der Waals surface area contributed by atoms with E-state index in [0.29, 0.717) is 18.1 Å². The van der Waals surface area contributed by atoms with E-state index < -0.39 is 4.92 Å². The zero-order valence-corrected chi connectivity index (χ0v) is 14.6. The van der Waals surface area contributed by atoms with Gasteiger partial charge in [0.2, 0.25) is 5.82 Å². The van der Waals surface area contributed by atoms with E-state index in [2.05, 4.69) is 15.4 Å². The van der Waals surface area contributed by atoms with Crippen LogP contribution in [0.4, 0.5) is 17.3 Å². The van der Waals surface area contributed by atoms with Gasteiger partial charge in [-0.15, -0.1) is 0 Å². The van der Waals surface area contributed by atoms with Gasteiger partial charge in [-0.05, 0) is 24.6 Å². The number of fused-ring (bicyclic) bond motifs is 1. The van der Waals surface area contributed by atoms with Crippen LogP contribution in [0, 0.1) is 17.0 Å². The lowest BCUT2D eigenvalue weighted by molar-refractivity contribution is -0.384. The van der Waals surface area contributed by atoms with Crippen molar-refractivity contribution in [2.24, 2.45) is 7.05 Å². The molecule has 0 bridgehead atoms. The molecule has 0 aliphatic rings. The summed E-state index contributed by atoms with van der Waals surface area (Å²) in [6, 6.07) is 9.86. The molecule has 3 aromatic rings. The predicted molar refractivity (Wildman–Crippen MR) is 98.0 cm³/mol. The zero-order valence-electron chi connectivity index (χ0n) is 14.6. The Hall–Kier alpha value is -3.16. The minimum absolute atomic E-state index is 0.00805. The Kier molecular flexibility index (Phi) is 4.26. The summed E-state index contributed by atoms with van der Waals surface area (Å²) in [6.07, 6.45) is 0. The van der Waals surface area contributed by atoms with Crippen molar-refractivity contribution in [3.05, 3.63) is 51.7 Å². The van der Waals surface area contributed by atoms with Gasteiger partial charge in [0.25, 0.3) is 0 Å². The van der Waals surface area contributed by atoms with Gasteiger partial charge in [0, 0.05) is 33.1 Å². The average Bonchev–Trinajstić information content (AvgIpc) is 2.85. The quantitative estimate of drug-likeness (QED) is 0.567. The summed E-state index contributed by atoms with van der Waals surface area (Å²) < 4.78 is 1.50. The number of rotatable bonds is 5. The van der Waals surface area contributed by atoms with E-state index in [1.165, 1.54) is 4.68 Å². The third kappa shape index (κ3) is 3.10. The number of nitrogens with one attached hydrogen (secondary N) is 1. The smallest absolute Gasteiger partial charge is 0.333 e. The van der Waals surface area contributed by atoms with E-state index in [1.807, 2.05) is 49.3 Å². The van der Waals surface area contributed by atoms with Crippen LogP contribution in [0.25, 0.3) is 10.9 Å². The van der Waals surface area contributed by atoms with Gasteiger partial charge < -0.3 is 10.2 Å². The van der Waals surface area contributed by atoms with Gasteiger partial charge in [-0.3, -0.25) is 10.1 Å². The van der Waals surface area contributed by atoms with Crippen LogP contribution in [0.15, 0.2) is 30.3 Å². The number of aryl methyl sites for hydroxylation is 2. The van der Waals surface area contributed by atoms with Crippen LogP contribution in [0.3, 0.4) is 0 Å². The molecule has 0 saturated carbocycles. The second-order valence-corrected chi connectivity index (χ2v) is 6.07. The summed E-state index contributed by atoms with van der Waals surface area (Å²) in [6.45, 7) is 2.07. The van der Waals surface area contributed by atoms with Crippen LogP contribution < -0.4 is 10.2 Å². The molecule has 1 N–H and O–H groups in total. The third-order valence-corrected chi connectivity index (χ3v) is 4.07. The highest BCUT2D eigenvalue weighted by atomic mass is 16.6. The van der Waals surface area contributed by atoms with E-state index in [1.54, 1.807) is 14.0 Å². The largest absolute Gasteiger partial charge is 0.363 e. The van der Waals surface area contributed by atoms with E-state index in [9.17, 15) is 10.1 Å². The van der Waals surface area contributed by atoms with Crippen LogP contribution in [0.5, 0.6) is 0 Å². The molecule has 0 unspecified atom stereocenters. The van der Waals surface area contributed by atoms with Gasteiger partial charge >= 0.3 is 5.69 Å². The fourth-order valence-corrected chi connectivity index (χ4v) is 2.85. The van der Waals surface area contributed by atoms with Crippen LogP contribution >= 0.6 is 0 Å². The Labute approximate surface area is 145 Å². The van der Waals surface area contributed by atoms with Gasteiger partial charge in [0.05, 0.1) is 10.4 Å². The SMILES string of the molecule is Cc1nn(C)c(NCc2cc(N(C)C)nc3ccccc23)c1[N+](=O)[O-]. The third-order valence-electron chi connectivity index (χ3n) is 4.07. The maximum Gasteiger partial charge on any atom is 0.333 e. The molecule has 0 amide bonds. The van der Waals surface area contributed by atoms with Crippen molar-refractivity contribution in [1.82, 2.24) is 14.8 Å². The first-order chi connectivity index (χ1) is 11.9. The van der Waals surface area contributed by atoms with Gasteiger partial charge in [-0.25, -0.2) is 9.67 Å². The first-order valence-electron chi connectivity index (χ1n) is 7.86. The highest BCUT2D eigenvalue weighted by molar-refractivity contribution is 5.84. The van der Waals surface area contributed by atoms with Crippen molar-refractivity contribution < 1.29 is 4.92 Å². The average molecular weight is 340 g/mol. The summed E-state index contributed by atoms with van der Waals surface area (Å²) >= 11 is 0. The van der Waals surface area contributed by atoms with Crippen molar-refractivity contribution in [2.75, 3.05) is 24.3 Å². The van der Waals surface area contributed by atoms with E-state index in [4.69, 9.17) is 0 Å². The highest BCUT2D eigenvalue weighted by Gasteiger charge is 2.23. The van der Waals surface area contributed by atoms with Gasteiger partial charge in [0.1, 0.15) is 11.5 Å². The van der Waals surface area contributed by atoms with Crippen molar-refractivity contribution >= 4 is 28.2 Å². The lowest BCUT2D eigenvalue weighted by atomic mass is 10.1. The molecule has 1 aromatic carbocycles. The number of aromatic nitrogens is 3. The first kappa shape index (κ1) is 16.7. The molecule has 0 aliphatic heterocycles. The topological polar surface area (TPSA) is 89.1 Å². The molecule has 0 spiro atoms. The Morgan fingerprint density at radius 1 is 1.32 bits per heavy atom. The lowest BCUT2D eigenvalue weighted by Gasteiger charge is -2.15. The van der Waals surface area contributed by atoms with Gasteiger partial charge in [-0.2, -0.15) is 5.10 Å². The molecule has 2 heterocycles. The minimum Gasteiger partial charge on any atom is -0.363 e. The van der Waals surface area contributed by atoms with Crippen LogP contribution in [-0.2, 0) is 13.6 Å². The van der Waals surface area contributed by atoms with E-state index >= 15 is 0 Å². The lowest BCUT2D eigenvalue weighted by Crippen LogP contribution is -2.12. The summed E-state index contributed by atoms with van der Waals surface area (Å²) in [7, 11) is 5.56. The van der Waals surface area contributed by atoms with E-state index in [-0.39, 0.29) is 5.69 Å². The summed E-state index contributed by atoms with van der Waals surface area (Å²) in [5, 5.41) is 19.6. The van der Waals surface area contributed by atoms with Crippen molar-refractivity contribution in [3.8, 4) is 0 Å². The molecule has 0 fully saturated rings. The van der Waals surface area contributed by atoms with Crippen LogP contribution in [0.1, 0.15) is 11.3 Å². The Bertz CT molecular complexity index is 948. The molecule has 25 heavy (non-hydrogen) atoms. The second-order valence-electron chi connectivity index (χ2n) is 6.07. The number of hydrogen-bond donors (Lipinski definition) is 1. The van der Waals surface area contributed by atoms with Crippen LogP contribution in [0.2, 0.25) is 0 Å². The van der Waals surface area contributed by atoms with Crippen LogP contribution in [-0.4, -0.2) is 33.8 Å². The maximum atomic E-state index is 11.3. The normalized spacial score (nSPS) is 10.9. The fraction of sp³-hybridized carbons (Fsp3) is 0.294. The Morgan fingerprint density at radius 3 is 2.72 bits per heavy atom. The molecule has 0 radical (unpaired) electrons. The Balaban J connectivity index is 2.01. The second kappa shape index (κ2) is 6.39. The summed E-state index contributed by atoms with van der Waals surface area (Å²) in [4.78, 5) is 17.5. The molecule has 0 saturated heterocycles. The number of pyridine rings is 1. The monoisotopic (exact) mass is 340 g/mol. The zero-order chi connectivity index (χ0) is 18.1. The molecule has 2 aromatic heterocycles. The van der Waals surface area contributed by atoms with Crippen molar-refractivity contribution in [1.29, 1.82) is 0 Å². The van der Waals surface area contributed by atoms with Gasteiger partial charge in [0.15, 0.2) is 0 Å².